The number of hydrogen-bond acceptors (Lipinski definition) is 3. The zero-order valence-corrected chi connectivity index (χ0v) is 10.7. The van der Waals surface area contributed by atoms with Gasteiger partial charge in [0.25, 0.3) is 0 Å². The van der Waals surface area contributed by atoms with Gasteiger partial charge in [-0.15, -0.1) is 0 Å². The number of nitrogens with zero attached hydrogens (tertiary/aromatic N) is 2. The highest BCUT2D eigenvalue weighted by Crippen LogP contribution is 2.27. The highest BCUT2D eigenvalue weighted by Gasteiger charge is 2.28. The van der Waals surface area contributed by atoms with E-state index >= 15 is 0 Å². The Bertz CT molecular complexity index is 475. The standard InChI is InChI=1S/C12H13FN2O2S/c1-15-10(6-11(16)17)7-18-12(15)14-9-4-2-8(13)3-5-9/h2-5,10H,6-7H2,1H3,(H,16,17). The average molecular weight is 268 g/mol. The van der Waals surface area contributed by atoms with Crippen molar-refractivity contribution in [2.75, 3.05) is 12.8 Å². The maximum atomic E-state index is 12.8. The number of carboxylic acids is 1. The molecule has 1 heterocycles. The smallest absolute Gasteiger partial charge is 0.305 e. The molecule has 0 aromatic heterocycles. The Morgan fingerprint density at radius 2 is 2.22 bits per heavy atom. The summed E-state index contributed by atoms with van der Waals surface area (Å²) in [5, 5.41) is 9.55. The Balaban J connectivity index is 2.10. The lowest BCUT2D eigenvalue weighted by Gasteiger charge is -2.18. The first-order chi connectivity index (χ1) is 8.56. The molecule has 1 saturated heterocycles. The molecule has 1 fully saturated rings. The molecule has 96 valence electrons. The number of rotatable bonds is 3. The lowest BCUT2D eigenvalue weighted by Crippen LogP contribution is -2.31. The molecule has 1 aliphatic heterocycles. The number of carboxylic acid groups (broad SMARTS) is 1. The number of halogens is 1. The molecule has 1 N–H and O–H groups in total. The Kier molecular flexibility index (Phi) is 3.86. The molecule has 1 atom stereocenters. The van der Waals surface area contributed by atoms with Crippen LogP contribution in [-0.4, -0.2) is 40.0 Å². The van der Waals surface area contributed by atoms with E-state index in [0.29, 0.717) is 11.4 Å². The fourth-order valence-electron chi connectivity index (χ4n) is 1.68. The van der Waals surface area contributed by atoms with Gasteiger partial charge >= 0.3 is 5.97 Å². The van der Waals surface area contributed by atoms with Gasteiger partial charge in [-0.05, 0) is 24.3 Å². The van der Waals surface area contributed by atoms with E-state index in [2.05, 4.69) is 4.99 Å². The molecule has 0 bridgehead atoms. The second-order valence-corrected chi connectivity index (χ2v) is 5.03. The number of benzene rings is 1. The zero-order valence-electron chi connectivity index (χ0n) is 9.84. The minimum Gasteiger partial charge on any atom is -0.481 e. The molecule has 0 radical (unpaired) electrons. The molecule has 4 nitrogen and oxygen atoms in total. The maximum Gasteiger partial charge on any atom is 0.305 e. The van der Waals surface area contributed by atoms with Gasteiger partial charge in [0.2, 0.25) is 0 Å². The normalized spacial score (nSPS) is 21.6. The zero-order chi connectivity index (χ0) is 13.1. The van der Waals surface area contributed by atoms with Crippen molar-refractivity contribution in [1.29, 1.82) is 0 Å². The van der Waals surface area contributed by atoms with Crippen LogP contribution in [0.3, 0.4) is 0 Å². The third-order valence-electron chi connectivity index (χ3n) is 2.72. The van der Waals surface area contributed by atoms with Crippen molar-refractivity contribution in [2.24, 2.45) is 4.99 Å². The Morgan fingerprint density at radius 3 is 2.83 bits per heavy atom. The number of aliphatic imine (C=N–C) groups is 1. The Hall–Kier alpha value is -1.56. The van der Waals surface area contributed by atoms with Crippen LogP contribution in [0.25, 0.3) is 0 Å². The number of thioether (sulfide) groups is 1. The van der Waals surface area contributed by atoms with Gasteiger partial charge in [0.05, 0.1) is 18.2 Å². The summed E-state index contributed by atoms with van der Waals surface area (Å²) >= 11 is 1.52. The van der Waals surface area contributed by atoms with Crippen LogP contribution in [-0.2, 0) is 4.79 Å². The van der Waals surface area contributed by atoms with E-state index in [0.717, 1.165) is 5.17 Å². The SMILES string of the molecule is CN1C(=Nc2ccc(F)cc2)SCC1CC(=O)O. The van der Waals surface area contributed by atoms with Crippen LogP contribution in [0.15, 0.2) is 29.3 Å². The van der Waals surface area contributed by atoms with Crippen molar-refractivity contribution < 1.29 is 14.3 Å². The summed E-state index contributed by atoms with van der Waals surface area (Å²) in [6, 6.07) is 5.87. The second-order valence-electron chi connectivity index (χ2n) is 4.04. The van der Waals surface area contributed by atoms with Gasteiger partial charge in [0.1, 0.15) is 5.82 Å². The summed E-state index contributed by atoms with van der Waals surface area (Å²) < 4.78 is 12.8. The van der Waals surface area contributed by atoms with E-state index in [9.17, 15) is 9.18 Å². The lowest BCUT2D eigenvalue weighted by atomic mass is 10.2. The van der Waals surface area contributed by atoms with Crippen LogP contribution < -0.4 is 0 Å². The Morgan fingerprint density at radius 1 is 1.56 bits per heavy atom. The van der Waals surface area contributed by atoms with Crippen LogP contribution in [0, 0.1) is 5.82 Å². The monoisotopic (exact) mass is 268 g/mol. The number of hydrogen-bond donors (Lipinski definition) is 1. The Labute approximate surface area is 109 Å². The molecular weight excluding hydrogens is 255 g/mol. The first kappa shape index (κ1) is 12.9. The van der Waals surface area contributed by atoms with Gasteiger partial charge in [-0.1, -0.05) is 11.8 Å². The highest BCUT2D eigenvalue weighted by molar-refractivity contribution is 8.14. The summed E-state index contributed by atoms with van der Waals surface area (Å²) in [4.78, 5) is 16.9. The van der Waals surface area contributed by atoms with Crippen molar-refractivity contribution in [3.63, 3.8) is 0 Å². The first-order valence-electron chi connectivity index (χ1n) is 5.48. The van der Waals surface area contributed by atoms with E-state index in [1.807, 2.05) is 11.9 Å². The number of amidine groups is 1. The van der Waals surface area contributed by atoms with E-state index in [1.54, 1.807) is 12.1 Å². The van der Waals surface area contributed by atoms with E-state index in [-0.39, 0.29) is 18.3 Å². The minimum absolute atomic E-state index is 0.0355. The molecule has 0 aliphatic carbocycles. The fraction of sp³-hybridized carbons (Fsp3) is 0.333. The largest absolute Gasteiger partial charge is 0.481 e. The molecule has 1 unspecified atom stereocenters. The van der Waals surface area contributed by atoms with Crippen molar-refractivity contribution in [3.8, 4) is 0 Å². The average Bonchev–Trinajstić information content (AvgIpc) is 2.64. The summed E-state index contributed by atoms with van der Waals surface area (Å²) in [6.07, 6.45) is 0.103. The molecule has 0 amide bonds. The molecule has 2 rings (SSSR count). The van der Waals surface area contributed by atoms with E-state index < -0.39 is 5.97 Å². The maximum absolute atomic E-state index is 12.8. The van der Waals surface area contributed by atoms with Gasteiger partial charge < -0.3 is 10.0 Å². The first-order valence-corrected chi connectivity index (χ1v) is 6.46. The van der Waals surface area contributed by atoms with Crippen molar-refractivity contribution in [3.05, 3.63) is 30.1 Å². The van der Waals surface area contributed by atoms with Crippen molar-refractivity contribution in [1.82, 2.24) is 4.90 Å². The fourth-order valence-corrected chi connectivity index (χ4v) is 2.88. The summed E-state index contributed by atoms with van der Waals surface area (Å²) in [5.41, 5.74) is 0.668. The van der Waals surface area contributed by atoms with Crippen molar-refractivity contribution >= 4 is 28.6 Å². The predicted molar refractivity (Wildman–Crippen MR) is 69.8 cm³/mol. The van der Waals surface area contributed by atoms with Crippen LogP contribution in [0.2, 0.25) is 0 Å². The van der Waals surface area contributed by atoms with E-state index in [4.69, 9.17) is 5.11 Å². The van der Waals surface area contributed by atoms with Gasteiger partial charge in [-0.3, -0.25) is 4.79 Å². The predicted octanol–water partition coefficient (Wildman–Crippen LogP) is 2.34. The number of aliphatic carboxylic acids is 1. The lowest BCUT2D eigenvalue weighted by molar-refractivity contribution is -0.137. The van der Waals surface area contributed by atoms with Crippen LogP contribution in [0.1, 0.15) is 6.42 Å². The molecule has 1 aliphatic rings. The summed E-state index contributed by atoms with van der Waals surface area (Å²) in [6.45, 7) is 0. The summed E-state index contributed by atoms with van der Waals surface area (Å²) in [5.74, 6) is -0.395. The third kappa shape index (κ3) is 3.01. The van der Waals surface area contributed by atoms with Gasteiger partial charge in [-0.25, -0.2) is 9.38 Å². The van der Waals surface area contributed by atoms with Crippen LogP contribution in [0.5, 0.6) is 0 Å². The van der Waals surface area contributed by atoms with Crippen LogP contribution in [0.4, 0.5) is 10.1 Å². The quantitative estimate of drug-likeness (QED) is 0.914. The van der Waals surface area contributed by atoms with Gasteiger partial charge in [0, 0.05) is 12.8 Å². The van der Waals surface area contributed by atoms with Crippen LogP contribution >= 0.6 is 11.8 Å². The van der Waals surface area contributed by atoms with Gasteiger partial charge in [0.15, 0.2) is 5.17 Å². The summed E-state index contributed by atoms with van der Waals surface area (Å²) in [7, 11) is 1.83. The second kappa shape index (κ2) is 5.39. The third-order valence-corrected chi connectivity index (χ3v) is 3.90. The van der Waals surface area contributed by atoms with Gasteiger partial charge in [-0.2, -0.15) is 0 Å². The molecule has 6 heteroatoms. The number of carbonyl (C=O) groups is 1. The minimum atomic E-state index is -0.810. The molecule has 18 heavy (non-hydrogen) atoms. The topological polar surface area (TPSA) is 52.9 Å². The highest BCUT2D eigenvalue weighted by atomic mass is 32.2. The molecular formula is C12H13FN2O2S. The molecule has 0 spiro atoms. The van der Waals surface area contributed by atoms with Crippen molar-refractivity contribution in [2.45, 2.75) is 12.5 Å². The molecule has 0 saturated carbocycles. The molecule has 1 aromatic carbocycles. The van der Waals surface area contributed by atoms with E-state index in [1.165, 1.54) is 23.9 Å². The molecule has 1 aromatic rings.